The molecule has 1 aromatic carbocycles. The van der Waals surface area contributed by atoms with E-state index >= 15 is 0 Å². The van der Waals surface area contributed by atoms with Gasteiger partial charge in [0.2, 0.25) is 0 Å². The summed E-state index contributed by atoms with van der Waals surface area (Å²) in [6.45, 7) is 8.00. The zero-order valence-corrected chi connectivity index (χ0v) is 16.2. The second kappa shape index (κ2) is 7.24. The lowest BCUT2D eigenvalue weighted by Gasteiger charge is -2.23. The number of thiocarbonyl (C=S) groups is 2. The zero-order valence-electron chi connectivity index (χ0n) is 14.5. The van der Waals surface area contributed by atoms with Crippen molar-refractivity contribution in [2.45, 2.75) is 27.7 Å². The SMILES string of the molecule is Cc1c(C)c(OC(=S)N(C)C)c(C)c(C)c1OC(=S)N(C)C. The Morgan fingerprint density at radius 3 is 1.05 bits per heavy atom. The van der Waals surface area contributed by atoms with Gasteiger partial charge in [-0.15, -0.1) is 0 Å². The van der Waals surface area contributed by atoms with Crippen LogP contribution in [0, 0.1) is 27.7 Å². The van der Waals surface area contributed by atoms with Crippen molar-refractivity contribution in [2.24, 2.45) is 0 Å². The smallest absolute Gasteiger partial charge is 0.264 e. The lowest BCUT2D eigenvalue weighted by atomic mass is 9.98. The highest BCUT2D eigenvalue weighted by atomic mass is 32.1. The van der Waals surface area contributed by atoms with Crippen molar-refractivity contribution in [2.75, 3.05) is 28.2 Å². The van der Waals surface area contributed by atoms with Gasteiger partial charge in [0.1, 0.15) is 11.5 Å². The van der Waals surface area contributed by atoms with Crippen molar-refractivity contribution in [3.63, 3.8) is 0 Å². The average molecular weight is 341 g/mol. The molecule has 0 unspecified atom stereocenters. The van der Waals surface area contributed by atoms with Crippen molar-refractivity contribution >= 4 is 34.8 Å². The standard InChI is InChI=1S/C16H24N2O2S2/c1-9-10(2)14(20-16(22)18(7)8)12(4)11(3)13(9)19-15(21)17(5)6/h1-8H3. The van der Waals surface area contributed by atoms with Gasteiger partial charge in [-0.1, -0.05) is 0 Å². The molecule has 1 aromatic rings. The highest BCUT2D eigenvalue weighted by Gasteiger charge is 2.20. The second-order valence-electron chi connectivity index (χ2n) is 5.68. The van der Waals surface area contributed by atoms with Crippen LogP contribution in [0.5, 0.6) is 11.5 Å². The first-order valence-electron chi connectivity index (χ1n) is 6.96. The molecule has 0 N–H and O–H groups in total. The van der Waals surface area contributed by atoms with E-state index in [1.165, 1.54) is 0 Å². The van der Waals surface area contributed by atoms with Crippen molar-refractivity contribution in [1.82, 2.24) is 9.80 Å². The minimum Gasteiger partial charge on any atom is -0.431 e. The molecule has 0 saturated heterocycles. The molecule has 4 nitrogen and oxygen atoms in total. The Morgan fingerprint density at radius 1 is 0.636 bits per heavy atom. The molecule has 0 aromatic heterocycles. The second-order valence-corrected chi connectivity index (χ2v) is 6.38. The van der Waals surface area contributed by atoms with Crippen LogP contribution in [0.2, 0.25) is 0 Å². The Kier molecular flexibility index (Phi) is 6.14. The Bertz CT molecular complexity index is 529. The number of benzene rings is 1. The summed E-state index contributed by atoms with van der Waals surface area (Å²) in [7, 11) is 7.44. The average Bonchev–Trinajstić information content (AvgIpc) is 2.45. The lowest BCUT2D eigenvalue weighted by molar-refractivity contribution is 0.433. The first kappa shape index (κ1) is 18.6. The van der Waals surface area contributed by atoms with Crippen LogP contribution >= 0.6 is 24.4 Å². The lowest BCUT2D eigenvalue weighted by Crippen LogP contribution is -2.27. The molecular formula is C16H24N2O2S2. The molecule has 0 bridgehead atoms. The van der Waals surface area contributed by atoms with Gasteiger partial charge in [0.25, 0.3) is 10.3 Å². The third kappa shape index (κ3) is 3.87. The minimum atomic E-state index is 0.433. The summed E-state index contributed by atoms with van der Waals surface area (Å²) >= 11 is 10.5. The van der Waals surface area contributed by atoms with Gasteiger partial charge in [-0.05, 0) is 74.4 Å². The van der Waals surface area contributed by atoms with Gasteiger partial charge in [-0.25, -0.2) is 0 Å². The van der Waals surface area contributed by atoms with Crippen molar-refractivity contribution < 1.29 is 9.47 Å². The third-order valence-corrected chi connectivity index (χ3v) is 4.49. The maximum absolute atomic E-state index is 5.87. The maximum atomic E-state index is 5.87. The van der Waals surface area contributed by atoms with Crippen molar-refractivity contribution in [1.29, 1.82) is 0 Å². The van der Waals surface area contributed by atoms with E-state index in [0.29, 0.717) is 10.3 Å². The third-order valence-electron chi connectivity index (χ3n) is 3.60. The van der Waals surface area contributed by atoms with Gasteiger partial charge in [0.05, 0.1) is 0 Å². The van der Waals surface area contributed by atoms with Crippen LogP contribution in [-0.4, -0.2) is 48.3 Å². The fourth-order valence-electron chi connectivity index (χ4n) is 1.91. The highest BCUT2D eigenvalue weighted by Crippen LogP contribution is 2.37. The molecule has 0 heterocycles. The molecule has 0 spiro atoms. The molecule has 0 aliphatic carbocycles. The summed E-state index contributed by atoms with van der Waals surface area (Å²) in [6, 6.07) is 0. The van der Waals surface area contributed by atoms with Crippen LogP contribution in [0.4, 0.5) is 0 Å². The maximum Gasteiger partial charge on any atom is 0.264 e. The summed E-state index contributed by atoms with van der Waals surface area (Å²) in [4.78, 5) is 3.54. The molecule has 0 aliphatic rings. The first-order chi connectivity index (χ1) is 10.1. The summed E-state index contributed by atoms with van der Waals surface area (Å²) in [5.41, 5.74) is 4.01. The monoisotopic (exact) mass is 340 g/mol. The Morgan fingerprint density at radius 2 is 0.864 bits per heavy atom. The van der Waals surface area contributed by atoms with E-state index in [9.17, 15) is 0 Å². The minimum absolute atomic E-state index is 0.433. The number of ether oxygens (including phenoxy) is 2. The van der Waals surface area contributed by atoms with E-state index in [4.69, 9.17) is 33.9 Å². The molecule has 0 radical (unpaired) electrons. The predicted octanol–water partition coefficient (Wildman–Crippen LogP) is 3.37. The van der Waals surface area contributed by atoms with E-state index in [0.717, 1.165) is 33.8 Å². The van der Waals surface area contributed by atoms with Crippen LogP contribution in [0.25, 0.3) is 0 Å². The number of hydrogen-bond donors (Lipinski definition) is 0. The highest BCUT2D eigenvalue weighted by molar-refractivity contribution is 7.80. The first-order valence-corrected chi connectivity index (χ1v) is 7.78. The Labute approximate surface area is 144 Å². The van der Waals surface area contributed by atoms with Gasteiger partial charge in [-0.2, -0.15) is 0 Å². The van der Waals surface area contributed by atoms with Crippen LogP contribution < -0.4 is 9.47 Å². The normalized spacial score (nSPS) is 10.2. The topological polar surface area (TPSA) is 24.9 Å². The number of nitrogens with zero attached hydrogens (tertiary/aromatic N) is 2. The summed E-state index contributed by atoms with van der Waals surface area (Å²) in [5, 5.41) is 0.866. The quantitative estimate of drug-likeness (QED) is 0.766. The fraction of sp³-hybridized carbons (Fsp3) is 0.500. The van der Waals surface area contributed by atoms with Crippen LogP contribution in [0.15, 0.2) is 0 Å². The van der Waals surface area contributed by atoms with E-state index < -0.39 is 0 Å². The van der Waals surface area contributed by atoms with E-state index in [-0.39, 0.29) is 0 Å². The van der Waals surface area contributed by atoms with Crippen LogP contribution in [0.1, 0.15) is 22.3 Å². The van der Waals surface area contributed by atoms with E-state index in [1.54, 1.807) is 9.80 Å². The van der Waals surface area contributed by atoms with Crippen LogP contribution in [-0.2, 0) is 0 Å². The van der Waals surface area contributed by atoms with Crippen molar-refractivity contribution in [3.8, 4) is 11.5 Å². The predicted molar refractivity (Wildman–Crippen MR) is 99.2 cm³/mol. The summed E-state index contributed by atoms with van der Waals surface area (Å²) in [5.74, 6) is 1.58. The molecule has 1 rings (SSSR count). The zero-order chi connectivity index (χ0) is 17.2. The molecule has 0 atom stereocenters. The molecule has 122 valence electrons. The van der Waals surface area contributed by atoms with E-state index in [1.807, 2.05) is 55.9 Å². The molecule has 0 fully saturated rings. The van der Waals surface area contributed by atoms with Gasteiger partial charge in [0, 0.05) is 28.2 Å². The fourth-order valence-corrected chi connectivity index (χ4v) is 2.07. The van der Waals surface area contributed by atoms with Gasteiger partial charge < -0.3 is 19.3 Å². The molecule has 0 aliphatic heterocycles. The van der Waals surface area contributed by atoms with Crippen molar-refractivity contribution in [3.05, 3.63) is 22.3 Å². The van der Waals surface area contributed by atoms with Gasteiger partial charge >= 0.3 is 0 Å². The summed E-state index contributed by atoms with van der Waals surface area (Å²) in [6.07, 6.45) is 0. The Hall–Kier alpha value is -1.40. The Balaban J connectivity index is 3.32. The van der Waals surface area contributed by atoms with Gasteiger partial charge in [0.15, 0.2) is 0 Å². The molecule has 0 amide bonds. The number of hydrogen-bond acceptors (Lipinski definition) is 4. The largest absolute Gasteiger partial charge is 0.431 e. The number of rotatable bonds is 2. The van der Waals surface area contributed by atoms with Crippen LogP contribution in [0.3, 0.4) is 0 Å². The molecule has 22 heavy (non-hydrogen) atoms. The summed E-state index contributed by atoms with van der Waals surface area (Å²) < 4.78 is 11.7. The van der Waals surface area contributed by atoms with E-state index in [2.05, 4.69) is 0 Å². The molecular weight excluding hydrogens is 316 g/mol. The molecule has 0 saturated carbocycles. The molecule has 6 heteroatoms. The van der Waals surface area contributed by atoms with Gasteiger partial charge in [-0.3, -0.25) is 0 Å².